The second-order valence-electron chi connectivity index (χ2n) is 6.85. The highest BCUT2D eigenvalue weighted by molar-refractivity contribution is 7.15. The number of aromatic nitrogens is 2. The number of carbonyl (C=O) groups is 3. The summed E-state index contributed by atoms with van der Waals surface area (Å²) in [5, 5.41) is 9.46. The SMILES string of the molecule is Cc1ccc(C2C(C(=O)c3ccc(Cl)cc3)C(=O)C(=O)N2c2nnc(C)s2)cc1. The normalized spacial score (nSPS) is 19.1. The third-order valence-corrected chi connectivity index (χ3v) is 5.95. The van der Waals surface area contributed by atoms with Crippen LogP contribution < -0.4 is 4.90 Å². The Labute approximate surface area is 176 Å². The van der Waals surface area contributed by atoms with E-state index < -0.39 is 29.4 Å². The average molecular weight is 426 g/mol. The molecule has 1 aliphatic heterocycles. The van der Waals surface area contributed by atoms with Gasteiger partial charge in [0.1, 0.15) is 10.9 Å². The summed E-state index contributed by atoms with van der Waals surface area (Å²) < 4.78 is 0. The van der Waals surface area contributed by atoms with Crippen LogP contribution in [0.1, 0.15) is 32.5 Å². The quantitative estimate of drug-likeness (QED) is 0.359. The van der Waals surface area contributed by atoms with Gasteiger partial charge in [-0.1, -0.05) is 52.8 Å². The Balaban J connectivity index is 1.84. The summed E-state index contributed by atoms with van der Waals surface area (Å²) in [6.45, 7) is 3.71. The van der Waals surface area contributed by atoms with Crippen LogP contribution in [-0.2, 0) is 9.59 Å². The molecule has 1 aromatic heterocycles. The van der Waals surface area contributed by atoms with Crippen molar-refractivity contribution in [3.8, 4) is 0 Å². The summed E-state index contributed by atoms with van der Waals surface area (Å²) in [5.74, 6) is -3.09. The molecule has 8 heteroatoms. The van der Waals surface area contributed by atoms with Crippen LogP contribution in [0, 0.1) is 19.8 Å². The fraction of sp³-hybridized carbons (Fsp3) is 0.190. The zero-order valence-corrected chi connectivity index (χ0v) is 17.2. The monoisotopic (exact) mass is 425 g/mol. The highest BCUT2D eigenvalue weighted by atomic mass is 35.5. The maximum atomic E-state index is 13.3. The van der Waals surface area contributed by atoms with Crippen LogP contribution in [0.4, 0.5) is 5.13 Å². The van der Waals surface area contributed by atoms with Gasteiger partial charge in [0.05, 0.1) is 6.04 Å². The predicted octanol–water partition coefficient (Wildman–Crippen LogP) is 3.96. The molecule has 2 heterocycles. The number of anilines is 1. The number of nitrogens with zero attached hydrogens (tertiary/aromatic N) is 3. The summed E-state index contributed by atoms with van der Waals surface area (Å²) >= 11 is 7.12. The van der Waals surface area contributed by atoms with Crippen molar-refractivity contribution in [1.29, 1.82) is 0 Å². The van der Waals surface area contributed by atoms with Crippen molar-refractivity contribution < 1.29 is 14.4 Å². The van der Waals surface area contributed by atoms with Crippen molar-refractivity contribution in [3.05, 3.63) is 75.3 Å². The number of halogens is 1. The van der Waals surface area contributed by atoms with E-state index in [1.165, 1.54) is 16.2 Å². The zero-order chi connectivity index (χ0) is 20.7. The van der Waals surface area contributed by atoms with E-state index in [4.69, 9.17) is 11.6 Å². The Kier molecular flexibility index (Phi) is 5.02. The average Bonchev–Trinajstić information content (AvgIpc) is 3.24. The van der Waals surface area contributed by atoms with E-state index in [9.17, 15) is 14.4 Å². The van der Waals surface area contributed by atoms with Gasteiger partial charge in [-0.15, -0.1) is 10.2 Å². The first-order valence-electron chi connectivity index (χ1n) is 8.90. The standard InChI is InChI=1S/C21H16ClN3O3S/c1-11-3-5-13(6-4-11)17-16(18(26)14-7-9-15(22)10-8-14)19(27)20(28)25(17)21-24-23-12(2)29-21/h3-10,16-17H,1-2H3. The van der Waals surface area contributed by atoms with Gasteiger partial charge in [-0.2, -0.15) is 0 Å². The van der Waals surface area contributed by atoms with Crippen LogP contribution >= 0.6 is 22.9 Å². The molecule has 2 aromatic carbocycles. The van der Waals surface area contributed by atoms with Gasteiger partial charge in [0.25, 0.3) is 5.91 Å². The molecule has 1 fully saturated rings. The third-order valence-electron chi connectivity index (χ3n) is 4.86. The van der Waals surface area contributed by atoms with Gasteiger partial charge in [0.2, 0.25) is 10.9 Å². The van der Waals surface area contributed by atoms with Crippen molar-refractivity contribution in [2.24, 2.45) is 5.92 Å². The first-order valence-corrected chi connectivity index (χ1v) is 10.1. The van der Waals surface area contributed by atoms with Gasteiger partial charge in [-0.05, 0) is 43.7 Å². The molecule has 3 aromatic rings. The van der Waals surface area contributed by atoms with Gasteiger partial charge in [0.15, 0.2) is 5.78 Å². The number of amides is 1. The number of hydrogen-bond donors (Lipinski definition) is 0. The minimum absolute atomic E-state index is 0.304. The van der Waals surface area contributed by atoms with E-state index in [1.54, 1.807) is 31.2 Å². The van der Waals surface area contributed by atoms with Gasteiger partial charge in [-0.25, -0.2) is 0 Å². The van der Waals surface area contributed by atoms with Crippen LogP contribution in [0.3, 0.4) is 0 Å². The fourth-order valence-corrected chi connectivity index (χ4v) is 4.27. The lowest BCUT2D eigenvalue weighted by molar-refractivity contribution is -0.135. The summed E-state index contributed by atoms with van der Waals surface area (Å²) in [7, 11) is 0. The molecule has 0 saturated carbocycles. The second-order valence-corrected chi connectivity index (χ2v) is 8.44. The number of carbonyl (C=O) groups excluding carboxylic acids is 3. The molecular formula is C21H16ClN3O3S. The van der Waals surface area contributed by atoms with E-state index in [-0.39, 0.29) is 0 Å². The first kappa shape index (κ1) is 19.4. The maximum Gasteiger partial charge on any atom is 0.297 e. The summed E-state index contributed by atoms with van der Waals surface area (Å²) in [5.41, 5.74) is 2.05. The predicted molar refractivity (Wildman–Crippen MR) is 110 cm³/mol. The van der Waals surface area contributed by atoms with Crippen molar-refractivity contribution >= 4 is 45.5 Å². The van der Waals surface area contributed by atoms with E-state index in [1.807, 2.05) is 31.2 Å². The summed E-state index contributed by atoms with van der Waals surface area (Å²) in [6, 6.07) is 12.9. The molecule has 0 aliphatic carbocycles. The molecule has 0 bridgehead atoms. The molecular weight excluding hydrogens is 410 g/mol. The van der Waals surface area contributed by atoms with Crippen molar-refractivity contribution in [1.82, 2.24) is 10.2 Å². The molecule has 0 radical (unpaired) electrons. The maximum absolute atomic E-state index is 13.3. The van der Waals surface area contributed by atoms with Crippen LogP contribution in [0.2, 0.25) is 5.02 Å². The Hall–Kier alpha value is -2.90. The second kappa shape index (κ2) is 7.50. The van der Waals surface area contributed by atoms with Crippen molar-refractivity contribution in [2.75, 3.05) is 4.90 Å². The summed E-state index contributed by atoms with van der Waals surface area (Å²) in [4.78, 5) is 40.4. The molecule has 2 atom stereocenters. The molecule has 1 aliphatic rings. The van der Waals surface area contributed by atoms with Crippen LogP contribution in [-0.4, -0.2) is 27.7 Å². The number of ketones is 2. The van der Waals surface area contributed by atoms with E-state index in [2.05, 4.69) is 10.2 Å². The molecule has 1 saturated heterocycles. The number of Topliss-reactive ketones (excluding diaryl/α,β-unsaturated/α-hetero) is 2. The van der Waals surface area contributed by atoms with Crippen molar-refractivity contribution in [3.63, 3.8) is 0 Å². The van der Waals surface area contributed by atoms with Gasteiger partial charge >= 0.3 is 0 Å². The molecule has 29 heavy (non-hydrogen) atoms. The smallest absolute Gasteiger partial charge is 0.293 e. The van der Waals surface area contributed by atoms with Gasteiger partial charge in [0, 0.05) is 10.6 Å². The highest BCUT2D eigenvalue weighted by Crippen LogP contribution is 2.42. The topological polar surface area (TPSA) is 80.2 Å². The Morgan fingerprint density at radius 3 is 2.24 bits per heavy atom. The number of benzene rings is 2. The number of aryl methyl sites for hydroxylation is 2. The highest BCUT2D eigenvalue weighted by Gasteiger charge is 2.53. The molecule has 6 nitrogen and oxygen atoms in total. The van der Waals surface area contributed by atoms with Gasteiger partial charge in [-0.3, -0.25) is 19.3 Å². The number of rotatable bonds is 4. The molecule has 2 unspecified atom stereocenters. The lowest BCUT2D eigenvalue weighted by Crippen LogP contribution is -2.30. The lowest BCUT2D eigenvalue weighted by Gasteiger charge is -2.25. The van der Waals surface area contributed by atoms with E-state index in [0.717, 1.165) is 5.56 Å². The first-order chi connectivity index (χ1) is 13.9. The van der Waals surface area contributed by atoms with Crippen LogP contribution in [0.5, 0.6) is 0 Å². The Morgan fingerprint density at radius 2 is 1.66 bits per heavy atom. The zero-order valence-electron chi connectivity index (χ0n) is 15.6. The summed E-state index contributed by atoms with van der Waals surface area (Å²) in [6.07, 6.45) is 0. The fourth-order valence-electron chi connectivity index (χ4n) is 3.42. The Morgan fingerprint density at radius 1 is 1.00 bits per heavy atom. The minimum Gasteiger partial charge on any atom is -0.293 e. The molecule has 4 rings (SSSR count). The molecule has 0 N–H and O–H groups in total. The lowest BCUT2D eigenvalue weighted by atomic mass is 9.86. The largest absolute Gasteiger partial charge is 0.297 e. The van der Waals surface area contributed by atoms with E-state index >= 15 is 0 Å². The Bertz CT molecular complexity index is 1110. The minimum atomic E-state index is -1.17. The van der Waals surface area contributed by atoms with Crippen LogP contribution in [0.25, 0.3) is 0 Å². The molecule has 0 spiro atoms. The third kappa shape index (κ3) is 3.47. The molecule has 1 amide bonds. The van der Waals surface area contributed by atoms with Crippen LogP contribution in [0.15, 0.2) is 48.5 Å². The van der Waals surface area contributed by atoms with E-state index in [0.29, 0.717) is 26.3 Å². The molecule has 146 valence electrons. The van der Waals surface area contributed by atoms with Crippen molar-refractivity contribution in [2.45, 2.75) is 19.9 Å². The number of hydrogen-bond acceptors (Lipinski definition) is 6. The van der Waals surface area contributed by atoms with Gasteiger partial charge < -0.3 is 0 Å².